The molecule has 0 atom stereocenters. The molecule has 4 heterocycles. The highest BCUT2D eigenvalue weighted by Crippen LogP contribution is 2.21. The minimum Gasteiger partial charge on any atom is -0.378 e. The summed E-state index contributed by atoms with van der Waals surface area (Å²) >= 11 is 1.55. The van der Waals surface area contributed by atoms with E-state index in [1.807, 2.05) is 29.6 Å². The van der Waals surface area contributed by atoms with Crippen LogP contribution in [0.25, 0.3) is 10.7 Å². The van der Waals surface area contributed by atoms with Gasteiger partial charge in [-0.25, -0.2) is 4.98 Å². The summed E-state index contributed by atoms with van der Waals surface area (Å²) in [5.41, 5.74) is 0.668. The van der Waals surface area contributed by atoms with Crippen molar-refractivity contribution < 1.29 is 14.1 Å². The number of hydrogen-bond acceptors (Lipinski definition) is 8. The first kappa shape index (κ1) is 17.6. The van der Waals surface area contributed by atoms with E-state index in [0.29, 0.717) is 37.0 Å². The second-order valence-electron chi connectivity index (χ2n) is 6.04. The lowest BCUT2D eigenvalue weighted by molar-refractivity contribution is -0.116. The molecule has 1 aliphatic heterocycles. The van der Waals surface area contributed by atoms with Crippen LogP contribution in [-0.4, -0.2) is 47.3 Å². The third kappa shape index (κ3) is 4.50. The van der Waals surface area contributed by atoms with Crippen molar-refractivity contribution >= 4 is 28.7 Å². The fourth-order valence-corrected chi connectivity index (χ4v) is 3.39. The molecule has 1 aliphatic rings. The smallest absolute Gasteiger partial charge is 0.227 e. The van der Waals surface area contributed by atoms with E-state index >= 15 is 0 Å². The molecular weight excluding hydrogens is 366 g/mol. The number of amides is 1. The van der Waals surface area contributed by atoms with Crippen molar-refractivity contribution in [2.75, 3.05) is 36.5 Å². The molecule has 8 nitrogen and oxygen atoms in total. The van der Waals surface area contributed by atoms with Crippen LogP contribution in [0.3, 0.4) is 0 Å². The molecule has 0 aliphatic carbocycles. The van der Waals surface area contributed by atoms with Gasteiger partial charge >= 0.3 is 0 Å². The van der Waals surface area contributed by atoms with Crippen LogP contribution >= 0.6 is 11.3 Å². The van der Waals surface area contributed by atoms with Gasteiger partial charge in [-0.1, -0.05) is 11.2 Å². The number of hydrogen-bond donors (Lipinski definition) is 1. The van der Waals surface area contributed by atoms with Gasteiger partial charge < -0.3 is 19.5 Å². The number of aryl methyl sites for hydroxylation is 1. The van der Waals surface area contributed by atoms with E-state index in [1.165, 1.54) is 0 Å². The van der Waals surface area contributed by atoms with Gasteiger partial charge in [0, 0.05) is 25.9 Å². The predicted octanol–water partition coefficient (Wildman–Crippen LogP) is 2.60. The Morgan fingerprint density at radius 2 is 2.15 bits per heavy atom. The summed E-state index contributed by atoms with van der Waals surface area (Å²) < 4.78 is 10.5. The number of aromatic nitrogens is 3. The lowest BCUT2D eigenvalue weighted by Gasteiger charge is -2.27. The second-order valence-corrected chi connectivity index (χ2v) is 6.99. The molecule has 0 saturated carbocycles. The molecule has 9 heteroatoms. The summed E-state index contributed by atoms with van der Waals surface area (Å²) in [6.45, 7) is 3.08. The van der Waals surface area contributed by atoms with Gasteiger partial charge in [0.2, 0.25) is 17.6 Å². The summed E-state index contributed by atoms with van der Waals surface area (Å²) in [6, 6.07) is 7.63. The van der Waals surface area contributed by atoms with Crippen molar-refractivity contribution in [3.8, 4) is 10.7 Å². The van der Waals surface area contributed by atoms with Crippen LogP contribution in [0, 0.1) is 0 Å². The Bertz CT molecular complexity index is 873. The van der Waals surface area contributed by atoms with Crippen molar-refractivity contribution in [2.45, 2.75) is 12.8 Å². The molecule has 0 radical (unpaired) electrons. The van der Waals surface area contributed by atoms with Gasteiger partial charge in [-0.2, -0.15) is 4.98 Å². The van der Waals surface area contributed by atoms with Gasteiger partial charge in [-0.05, 0) is 23.6 Å². The molecule has 4 rings (SSSR count). The Balaban J connectivity index is 1.28. The lowest BCUT2D eigenvalue weighted by atomic mass is 10.3. The topological polar surface area (TPSA) is 93.4 Å². The first-order valence-electron chi connectivity index (χ1n) is 8.73. The molecule has 1 amide bonds. The van der Waals surface area contributed by atoms with Crippen molar-refractivity contribution in [2.24, 2.45) is 0 Å². The zero-order valence-corrected chi connectivity index (χ0v) is 15.4. The molecule has 3 aromatic heterocycles. The van der Waals surface area contributed by atoms with Crippen molar-refractivity contribution in [3.05, 3.63) is 41.7 Å². The molecular formula is C18H19N5O3S. The quantitative estimate of drug-likeness (QED) is 0.697. The highest BCUT2D eigenvalue weighted by molar-refractivity contribution is 7.13. The number of nitrogens with zero attached hydrogens (tertiary/aromatic N) is 4. The Kier molecular flexibility index (Phi) is 5.40. The Labute approximate surface area is 160 Å². The summed E-state index contributed by atoms with van der Waals surface area (Å²) in [6.07, 6.45) is 2.32. The molecule has 0 spiro atoms. The van der Waals surface area contributed by atoms with Gasteiger partial charge in [0.15, 0.2) is 0 Å². The molecule has 0 aromatic carbocycles. The van der Waals surface area contributed by atoms with Crippen LogP contribution in [0.2, 0.25) is 0 Å². The summed E-state index contributed by atoms with van der Waals surface area (Å²) in [5.74, 6) is 1.78. The van der Waals surface area contributed by atoms with Gasteiger partial charge in [0.25, 0.3) is 0 Å². The van der Waals surface area contributed by atoms with Crippen LogP contribution in [0.4, 0.5) is 11.5 Å². The van der Waals surface area contributed by atoms with Crippen molar-refractivity contribution in [1.29, 1.82) is 0 Å². The molecule has 0 unspecified atom stereocenters. The van der Waals surface area contributed by atoms with E-state index in [-0.39, 0.29) is 12.3 Å². The summed E-state index contributed by atoms with van der Waals surface area (Å²) in [7, 11) is 0. The minimum absolute atomic E-state index is 0.119. The van der Waals surface area contributed by atoms with Crippen LogP contribution in [0.1, 0.15) is 12.3 Å². The lowest BCUT2D eigenvalue weighted by Crippen LogP contribution is -2.36. The number of morpholine rings is 1. The molecule has 1 saturated heterocycles. The average molecular weight is 385 g/mol. The van der Waals surface area contributed by atoms with E-state index in [1.54, 1.807) is 17.5 Å². The van der Waals surface area contributed by atoms with Gasteiger partial charge in [-0.3, -0.25) is 4.79 Å². The minimum atomic E-state index is -0.119. The third-order valence-electron chi connectivity index (χ3n) is 4.14. The number of thiophene rings is 1. The van der Waals surface area contributed by atoms with Crippen molar-refractivity contribution in [3.63, 3.8) is 0 Å². The molecule has 1 N–H and O–H groups in total. The molecule has 3 aromatic rings. The Morgan fingerprint density at radius 1 is 1.26 bits per heavy atom. The number of carbonyl (C=O) groups excluding carboxylic acids is 1. The highest BCUT2D eigenvalue weighted by Gasteiger charge is 2.13. The maximum absolute atomic E-state index is 12.2. The summed E-state index contributed by atoms with van der Waals surface area (Å²) in [5, 5.41) is 8.74. The molecule has 0 bridgehead atoms. The van der Waals surface area contributed by atoms with E-state index < -0.39 is 0 Å². The normalized spacial score (nSPS) is 14.3. The first-order valence-corrected chi connectivity index (χ1v) is 9.61. The first-order chi connectivity index (χ1) is 13.3. The van der Waals surface area contributed by atoms with Crippen molar-refractivity contribution in [1.82, 2.24) is 15.1 Å². The number of rotatable bonds is 6. The number of nitrogens with one attached hydrogen (secondary N) is 1. The Morgan fingerprint density at radius 3 is 2.89 bits per heavy atom. The number of carbonyl (C=O) groups is 1. The molecule has 140 valence electrons. The maximum atomic E-state index is 12.2. The fourth-order valence-electron chi connectivity index (χ4n) is 2.75. The maximum Gasteiger partial charge on any atom is 0.227 e. The predicted molar refractivity (Wildman–Crippen MR) is 102 cm³/mol. The number of anilines is 2. The van der Waals surface area contributed by atoms with Crippen LogP contribution in [0.5, 0.6) is 0 Å². The Hall–Kier alpha value is -2.78. The second kappa shape index (κ2) is 8.28. The molecule has 27 heavy (non-hydrogen) atoms. The summed E-state index contributed by atoms with van der Waals surface area (Å²) in [4.78, 5) is 24.0. The highest BCUT2D eigenvalue weighted by atomic mass is 32.1. The molecule has 1 fully saturated rings. The van der Waals surface area contributed by atoms with Gasteiger partial charge in [0.1, 0.15) is 5.82 Å². The van der Waals surface area contributed by atoms with Crippen LogP contribution < -0.4 is 10.2 Å². The SMILES string of the molecule is O=C(CCc1nc(-c2cccs2)no1)Nc1ccc(N2CCOCC2)nc1. The van der Waals surface area contributed by atoms with E-state index in [9.17, 15) is 4.79 Å². The zero-order chi connectivity index (χ0) is 18.5. The van der Waals surface area contributed by atoms with Crippen LogP contribution in [0.15, 0.2) is 40.4 Å². The van der Waals surface area contributed by atoms with Gasteiger partial charge in [-0.15, -0.1) is 11.3 Å². The van der Waals surface area contributed by atoms with Gasteiger partial charge in [0.05, 0.1) is 30.0 Å². The largest absolute Gasteiger partial charge is 0.378 e. The van der Waals surface area contributed by atoms with Crippen LogP contribution in [-0.2, 0) is 16.0 Å². The zero-order valence-electron chi connectivity index (χ0n) is 14.6. The number of pyridine rings is 1. The monoisotopic (exact) mass is 385 g/mol. The third-order valence-corrected chi connectivity index (χ3v) is 5.01. The average Bonchev–Trinajstić information content (AvgIpc) is 3.39. The van der Waals surface area contributed by atoms with E-state index in [4.69, 9.17) is 9.26 Å². The van der Waals surface area contributed by atoms with E-state index in [2.05, 4.69) is 25.3 Å². The number of ether oxygens (including phenoxy) is 1. The standard InChI is InChI=1S/C18H19N5O3S/c24-16(5-6-17-21-18(22-26-17)14-2-1-11-27-14)20-13-3-4-15(19-12-13)23-7-9-25-10-8-23/h1-4,11-12H,5-10H2,(H,20,24). The fraction of sp³-hybridized carbons (Fsp3) is 0.333. The van der Waals surface area contributed by atoms with E-state index in [0.717, 1.165) is 23.8 Å².